The van der Waals surface area contributed by atoms with E-state index in [4.69, 9.17) is 21.1 Å². The van der Waals surface area contributed by atoms with Gasteiger partial charge in [0.25, 0.3) is 0 Å². The van der Waals surface area contributed by atoms with E-state index in [9.17, 15) is 4.79 Å². The van der Waals surface area contributed by atoms with Gasteiger partial charge in [0, 0.05) is 34.9 Å². The molecule has 1 aliphatic rings. The minimum Gasteiger partial charge on any atom is -0.496 e. The van der Waals surface area contributed by atoms with E-state index in [-0.39, 0.29) is 5.78 Å². The summed E-state index contributed by atoms with van der Waals surface area (Å²) in [6.07, 6.45) is 1.15. The Kier molecular flexibility index (Phi) is 3.68. The molecule has 20 heavy (non-hydrogen) atoms. The molecule has 2 heterocycles. The number of carbonyl (C=O) groups is 1. The van der Waals surface area contributed by atoms with E-state index in [2.05, 4.69) is 0 Å². The molecule has 0 radical (unpaired) electrons. The number of carbonyl (C=O) groups excluding carboxylic acids is 1. The third-order valence-corrected chi connectivity index (χ3v) is 4.43. The van der Waals surface area contributed by atoms with Crippen molar-refractivity contribution in [1.29, 1.82) is 0 Å². The molecule has 0 atom stereocenters. The van der Waals surface area contributed by atoms with Crippen LogP contribution in [0.2, 0.25) is 5.02 Å². The monoisotopic (exact) mass is 308 g/mol. The summed E-state index contributed by atoms with van der Waals surface area (Å²) in [5.41, 5.74) is 1.95. The second-order valence-electron chi connectivity index (χ2n) is 4.60. The van der Waals surface area contributed by atoms with E-state index >= 15 is 0 Å². The van der Waals surface area contributed by atoms with Gasteiger partial charge in [-0.25, -0.2) is 0 Å². The molecule has 0 amide bonds. The summed E-state index contributed by atoms with van der Waals surface area (Å²) in [5, 5.41) is 2.48. The van der Waals surface area contributed by atoms with E-state index in [1.165, 1.54) is 11.3 Å². The third-order valence-electron chi connectivity index (χ3n) is 3.26. The van der Waals surface area contributed by atoms with Crippen LogP contribution in [0.25, 0.3) is 0 Å². The highest BCUT2D eigenvalue weighted by Crippen LogP contribution is 2.34. The summed E-state index contributed by atoms with van der Waals surface area (Å²) in [5.74, 6) is 1.59. The number of benzene rings is 1. The van der Waals surface area contributed by atoms with Gasteiger partial charge < -0.3 is 9.47 Å². The predicted octanol–water partition coefficient (Wildman–Crippen LogP) is 3.77. The number of rotatable bonds is 4. The Bertz CT molecular complexity index is 663. The topological polar surface area (TPSA) is 35.5 Å². The predicted molar refractivity (Wildman–Crippen MR) is 79.6 cm³/mol. The van der Waals surface area contributed by atoms with Crippen LogP contribution in [0, 0.1) is 0 Å². The van der Waals surface area contributed by atoms with Crippen LogP contribution >= 0.6 is 22.9 Å². The van der Waals surface area contributed by atoms with Crippen molar-refractivity contribution in [2.45, 2.75) is 12.8 Å². The molecule has 1 aliphatic heterocycles. The van der Waals surface area contributed by atoms with Crippen molar-refractivity contribution < 1.29 is 14.3 Å². The van der Waals surface area contributed by atoms with Gasteiger partial charge in [-0.1, -0.05) is 11.6 Å². The molecule has 2 aromatic rings. The Morgan fingerprint density at radius 1 is 1.45 bits per heavy atom. The largest absolute Gasteiger partial charge is 0.496 e. The number of hydrogen-bond acceptors (Lipinski definition) is 4. The molecule has 0 bridgehead atoms. The molecule has 0 unspecified atom stereocenters. The molecule has 1 aromatic carbocycles. The summed E-state index contributed by atoms with van der Waals surface area (Å²) < 4.78 is 10.7. The Morgan fingerprint density at radius 2 is 2.30 bits per heavy atom. The van der Waals surface area contributed by atoms with Gasteiger partial charge in [0.1, 0.15) is 11.5 Å². The number of halogens is 1. The van der Waals surface area contributed by atoms with Crippen molar-refractivity contribution in [3.05, 3.63) is 44.6 Å². The number of hydrogen-bond donors (Lipinski definition) is 0. The second-order valence-corrected chi connectivity index (χ2v) is 5.95. The van der Waals surface area contributed by atoms with Gasteiger partial charge in [-0.15, -0.1) is 11.3 Å². The maximum absolute atomic E-state index is 12.3. The number of methoxy groups -OCH3 is 1. The highest BCUT2D eigenvalue weighted by Gasteiger charge is 2.20. The smallest absolute Gasteiger partial charge is 0.177 e. The first-order valence-corrected chi connectivity index (χ1v) is 7.53. The minimum absolute atomic E-state index is 0.0540. The first-order valence-electron chi connectivity index (χ1n) is 6.27. The molecular formula is C15H13ClO3S. The van der Waals surface area contributed by atoms with Crippen LogP contribution in [-0.2, 0) is 12.8 Å². The SMILES string of the molecule is COc1csc(C(=O)Cc2cc(Cl)cc3c2OCC3)c1. The van der Waals surface area contributed by atoms with E-state index in [1.54, 1.807) is 13.2 Å². The summed E-state index contributed by atoms with van der Waals surface area (Å²) in [6.45, 7) is 0.656. The lowest BCUT2D eigenvalue weighted by molar-refractivity contribution is 0.0995. The van der Waals surface area contributed by atoms with Gasteiger partial charge in [0.05, 0.1) is 18.6 Å². The van der Waals surface area contributed by atoms with Gasteiger partial charge in [-0.3, -0.25) is 4.79 Å². The molecule has 3 rings (SSSR count). The highest BCUT2D eigenvalue weighted by molar-refractivity contribution is 7.12. The maximum Gasteiger partial charge on any atom is 0.177 e. The lowest BCUT2D eigenvalue weighted by atomic mass is 10.0. The average Bonchev–Trinajstić information content (AvgIpc) is 3.06. The maximum atomic E-state index is 12.3. The zero-order chi connectivity index (χ0) is 14.1. The standard InChI is InChI=1S/C15H13ClO3S/c1-18-12-7-14(20-8-12)13(17)6-10-5-11(16)4-9-2-3-19-15(9)10/h4-5,7-8H,2-3,6H2,1H3. The van der Waals surface area contributed by atoms with Crippen LogP contribution in [0.4, 0.5) is 0 Å². The second kappa shape index (κ2) is 5.46. The van der Waals surface area contributed by atoms with Crippen molar-refractivity contribution in [3.63, 3.8) is 0 Å². The van der Waals surface area contributed by atoms with Crippen LogP contribution < -0.4 is 9.47 Å². The van der Waals surface area contributed by atoms with Crippen molar-refractivity contribution >= 4 is 28.7 Å². The van der Waals surface area contributed by atoms with E-state index < -0.39 is 0 Å². The van der Waals surface area contributed by atoms with Crippen LogP contribution in [0.1, 0.15) is 20.8 Å². The number of thiophene rings is 1. The third kappa shape index (κ3) is 2.53. The van der Waals surface area contributed by atoms with Crippen LogP contribution in [-0.4, -0.2) is 19.5 Å². The van der Waals surface area contributed by atoms with E-state index in [0.717, 1.165) is 23.3 Å². The number of fused-ring (bicyclic) bond motifs is 1. The quantitative estimate of drug-likeness (QED) is 0.807. The molecule has 1 aromatic heterocycles. The summed E-state index contributed by atoms with van der Waals surface area (Å²) in [4.78, 5) is 13.0. The minimum atomic E-state index is 0.0540. The normalized spacial score (nSPS) is 12.9. The number of ketones is 1. The number of ether oxygens (including phenoxy) is 2. The van der Waals surface area contributed by atoms with Gasteiger partial charge in [0.15, 0.2) is 5.78 Å². The molecule has 0 saturated heterocycles. The zero-order valence-electron chi connectivity index (χ0n) is 10.9. The Hall–Kier alpha value is -1.52. The van der Waals surface area contributed by atoms with Crippen molar-refractivity contribution in [2.24, 2.45) is 0 Å². The van der Waals surface area contributed by atoms with Crippen LogP contribution in [0.5, 0.6) is 11.5 Å². The summed E-state index contributed by atoms with van der Waals surface area (Å²) in [6, 6.07) is 5.49. The molecule has 104 valence electrons. The highest BCUT2D eigenvalue weighted by atomic mass is 35.5. The molecule has 0 spiro atoms. The fourth-order valence-corrected chi connectivity index (χ4v) is 3.37. The van der Waals surface area contributed by atoms with E-state index in [1.807, 2.05) is 17.5 Å². The lowest BCUT2D eigenvalue weighted by Gasteiger charge is -2.07. The molecule has 3 nitrogen and oxygen atoms in total. The first kappa shape index (κ1) is 13.5. The molecule has 0 aliphatic carbocycles. The summed E-state index contributed by atoms with van der Waals surface area (Å²) >= 11 is 7.49. The van der Waals surface area contributed by atoms with Crippen LogP contribution in [0.3, 0.4) is 0 Å². The zero-order valence-corrected chi connectivity index (χ0v) is 12.5. The van der Waals surface area contributed by atoms with Crippen molar-refractivity contribution in [3.8, 4) is 11.5 Å². The molecule has 5 heteroatoms. The molecule has 0 saturated carbocycles. The molecule has 0 N–H and O–H groups in total. The van der Waals surface area contributed by atoms with Crippen molar-refractivity contribution in [2.75, 3.05) is 13.7 Å². The van der Waals surface area contributed by atoms with Crippen molar-refractivity contribution in [1.82, 2.24) is 0 Å². The van der Waals surface area contributed by atoms with Gasteiger partial charge >= 0.3 is 0 Å². The Morgan fingerprint density at radius 3 is 3.05 bits per heavy atom. The molecular weight excluding hydrogens is 296 g/mol. The Labute approximate surface area is 126 Å². The lowest BCUT2D eigenvalue weighted by Crippen LogP contribution is -2.03. The Balaban J connectivity index is 1.86. The summed E-state index contributed by atoms with van der Waals surface area (Å²) in [7, 11) is 1.59. The average molecular weight is 309 g/mol. The first-order chi connectivity index (χ1) is 9.67. The van der Waals surface area contributed by atoms with Gasteiger partial charge in [0.2, 0.25) is 0 Å². The van der Waals surface area contributed by atoms with Gasteiger partial charge in [-0.2, -0.15) is 0 Å². The number of Topliss-reactive ketones (excluding diaryl/α,β-unsaturated/α-hetero) is 1. The van der Waals surface area contributed by atoms with Crippen LogP contribution in [0.15, 0.2) is 23.6 Å². The molecule has 0 fully saturated rings. The van der Waals surface area contributed by atoms with E-state index in [0.29, 0.717) is 28.7 Å². The fraction of sp³-hybridized carbons (Fsp3) is 0.267. The van der Waals surface area contributed by atoms with Gasteiger partial charge in [-0.05, 0) is 17.7 Å². The fourth-order valence-electron chi connectivity index (χ4n) is 2.31.